The van der Waals surface area contributed by atoms with Crippen molar-refractivity contribution in [3.8, 4) is 22.8 Å². The molecular formula is C21H19ClO5. The van der Waals surface area contributed by atoms with Crippen LogP contribution in [0.5, 0.6) is 11.5 Å². The molecule has 0 aliphatic heterocycles. The molecule has 1 heterocycles. The average Bonchev–Trinajstić information content (AvgIpc) is 3.09. The second-order valence-corrected chi connectivity index (χ2v) is 7.37. The van der Waals surface area contributed by atoms with Gasteiger partial charge in [0.2, 0.25) is 0 Å². The Hall–Kier alpha value is -2.50. The predicted octanol–water partition coefficient (Wildman–Crippen LogP) is 4.40. The van der Waals surface area contributed by atoms with Gasteiger partial charge in [0.25, 0.3) is 0 Å². The number of hydrogen-bond donors (Lipinski definition) is 3. The Morgan fingerprint density at radius 1 is 1.11 bits per heavy atom. The van der Waals surface area contributed by atoms with Gasteiger partial charge >= 0.3 is 0 Å². The molecule has 1 aliphatic carbocycles. The number of rotatable bonds is 3. The minimum Gasteiger partial charge on any atom is -0.507 e. The highest BCUT2D eigenvalue weighted by Gasteiger charge is 2.33. The van der Waals surface area contributed by atoms with Gasteiger partial charge < -0.3 is 19.7 Å². The highest BCUT2D eigenvalue weighted by molar-refractivity contribution is 6.33. The molecule has 140 valence electrons. The summed E-state index contributed by atoms with van der Waals surface area (Å²) >= 11 is 6.24. The smallest absolute Gasteiger partial charge is 0.197 e. The summed E-state index contributed by atoms with van der Waals surface area (Å²) in [7, 11) is 0. The normalized spacial score (nSPS) is 19.6. The van der Waals surface area contributed by atoms with E-state index in [1.807, 2.05) is 0 Å². The van der Waals surface area contributed by atoms with Gasteiger partial charge in [-0.2, -0.15) is 0 Å². The Morgan fingerprint density at radius 3 is 2.63 bits per heavy atom. The molecule has 27 heavy (non-hydrogen) atoms. The molecular weight excluding hydrogens is 368 g/mol. The number of aliphatic hydroxyl groups is 1. The number of aliphatic hydroxyl groups excluding tert-OH is 1. The Kier molecular flexibility index (Phi) is 4.58. The molecule has 0 spiro atoms. The molecule has 2 aromatic carbocycles. The topological polar surface area (TPSA) is 90.9 Å². The summed E-state index contributed by atoms with van der Waals surface area (Å²) in [6, 6.07) is 9.46. The first-order valence-electron chi connectivity index (χ1n) is 8.89. The summed E-state index contributed by atoms with van der Waals surface area (Å²) in [5.41, 5.74) is 0.756. The van der Waals surface area contributed by atoms with E-state index in [0.29, 0.717) is 16.1 Å². The molecule has 1 fully saturated rings. The lowest BCUT2D eigenvalue weighted by Gasteiger charge is -2.20. The fraction of sp³-hybridized carbons (Fsp3) is 0.286. The van der Waals surface area contributed by atoms with Gasteiger partial charge in [-0.15, -0.1) is 0 Å². The number of halogens is 1. The molecule has 1 saturated carbocycles. The standard InChI is InChI=1S/C21H19ClO5/c22-14-7-2-1-5-13(14)18-9-17(26)20-16(25)8-15(24)19(21(20)27-18)12-6-3-4-11(12)10-23/h1-2,5,7-9,11-12,23-25H,3-4,6,10H2. The van der Waals surface area contributed by atoms with Crippen LogP contribution >= 0.6 is 11.6 Å². The van der Waals surface area contributed by atoms with Crippen LogP contribution in [-0.4, -0.2) is 21.9 Å². The van der Waals surface area contributed by atoms with Crippen molar-refractivity contribution in [2.45, 2.75) is 25.2 Å². The molecule has 4 rings (SSSR count). The summed E-state index contributed by atoms with van der Waals surface area (Å²) in [4.78, 5) is 12.7. The van der Waals surface area contributed by atoms with Crippen LogP contribution in [0.25, 0.3) is 22.3 Å². The molecule has 1 aliphatic rings. The fourth-order valence-electron chi connectivity index (χ4n) is 4.11. The predicted molar refractivity (Wildman–Crippen MR) is 103 cm³/mol. The van der Waals surface area contributed by atoms with E-state index in [2.05, 4.69) is 0 Å². The van der Waals surface area contributed by atoms with Gasteiger partial charge in [0.05, 0.1) is 5.02 Å². The Balaban J connectivity index is 2.03. The first-order chi connectivity index (χ1) is 13.0. The van der Waals surface area contributed by atoms with Crippen molar-refractivity contribution in [3.63, 3.8) is 0 Å². The third-order valence-electron chi connectivity index (χ3n) is 5.40. The Bertz CT molecular complexity index is 1070. The van der Waals surface area contributed by atoms with E-state index >= 15 is 0 Å². The van der Waals surface area contributed by atoms with E-state index in [1.54, 1.807) is 24.3 Å². The van der Waals surface area contributed by atoms with Crippen molar-refractivity contribution >= 4 is 22.6 Å². The Labute approximate surface area is 160 Å². The highest BCUT2D eigenvalue weighted by atomic mass is 35.5. The maximum atomic E-state index is 12.7. The summed E-state index contributed by atoms with van der Waals surface area (Å²) in [6.07, 6.45) is 2.50. The van der Waals surface area contributed by atoms with Crippen LogP contribution in [0.3, 0.4) is 0 Å². The van der Waals surface area contributed by atoms with Crippen molar-refractivity contribution in [2.24, 2.45) is 5.92 Å². The zero-order valence-corrected chi connectivity index (χ0v) is 15.2. The summed E-state index contributed by atoms with van der Waals surface area (Å²) < 4.78 is 6.02. The summed E-state index contributed by atoms with van der Waals surface area (Å²) in [5, 5.41) is 30.9. The SMILES string of the molecule is O=c1cc(-c2ccccc2Cl)oc2c(C3CCCC3CO)c(O)cc(O)c12. The van der Waals surface area contributed by atoms with Crippen molar-refractivity contribution in [3.05, 3.63) is 57.2 Å². The zero-order chi connectivity index (χ0) is 19.1. The van der Waals surface area contributed by atoms with Gasteiger partial charge in [0, 0.05) is 29.9 Å². The molecule has 6 heteroatoms. The maximum Gasteiger partial charge on any atom is 0.197 e. The third-order valence-corrected chi connectivity index (χ3v) is 5.73. The molecule has 5 nitrogen and oxygen atoms in total. The van der Waals surface area contributed by atoms with E-state index in [4.69, 9.17) is 16.0 Å². The average molecular weight is 387 g/mol. The molecule has 2 atom stereocenters. The van der Waals surface area contributed by atoms with Crippen LogP contribution in [0.15, 0.2) is 45.6 Å². The second-order valence-electron chi connectivity index (χ2n) is 6.97. The maximum absolute atomic E-state index is 12.7. The molecule has 2 unspecified atom stereocenters. The van der Waals surface area contributed by atoms with Crippen molar-refractivity contribution < 1.29 is 19.7 Å². The first-order valence-corrected chi connectivity index (χ1v) is 9.27. The van der Waals surface area contributed by atoms with Gasteiger partial charge in [-0.25, -0.2) is 0 Å². The molecule has 3 aromatic rings. The van der Waals surface area contributed by atoms with Crippen LogP contribution in [0.4, 0.5) is 0 Å². The zero-order valence-electron chi connectivity index (χ0n) is 14.5. The van der Waals surface area contributed by atoms with Crippen LogP contribution in [-0.2, 0) is 0 Å². The Morgan fingerprint density at radius 2 is 1.89 bits per heavy atom. The van der Waals surface area contributed by atoms with Crippen LogP contribution in [0.2, 0.25) is 5.02 Å². The number of phenols is 2. The van der Waals surface area contributed by atoms with Gasteiger partial charge in [-0.05, 0) is 36.8 Å². The van der Waals surface area contributed by atoms with Crippen molar-refractivity contribution in [1.82, 2.24) is 0 Å². The van der Waals surface area contributed by atoms with Crippen molar-refractivity contribution in [2.75, 3.05) is 6.61 Å². The van der Waals surface area contributed by atoms with Gasteiger partial charge in [-0.1, -0.05) is 30.2 Å². The lowest BCUT2D eigenvalue weighted by Crippen LogP contribution is -2.12. The van der Waals surface area contributed by atoms with E-state index in [1.165, 1.54) is 12.1 Å². The molecule has 1 aromatic heterocycles. The highest BCUT2D eigenvalue weighted by Crippen LogP contribution is 2.47. The second kappa shape index (κ2) is 6.91. The van der Waals surface area contributed by atoms with E-state index in [-0.39, 0.29) is 46.7 Å². The minimum absolute atomic E-state index is 0.0130. The fourth-order valence-corrected chi connectivity index (χ4v) is 4.34. The van der Waals surface area contributed by atoms with Crippen LogP contribution in [0, 0.1) is 5.92 Å². The van der Waals surface area contributed by atoms with E-state index in [9.17, 15) is 20.1 Å². The molecule has 0 amide bonds. The summed E-state index contributed by atoms with van der Waals surface area (Å²) in [6.45, 7) is -0.0130. The lowest BCUT2D eigenvalue weighted by atomic mass is 9.87. The van der Waals surface area contributed by atoms with E-state index in [0.717, 1.165) is 19.3 Å². The molecule has 0 saturated heterocycles. The first kappa shape index (κ1) is 17.9. The number of benzene rings is 2. The minimum atomic E-state index is -0.413. The van der Waals surface area contributed by atoms with E-state index < -0.39 is 5.43 Å². The molecule has 0 bridgehead atoms. The summed E-state index contributed by atoms with van der Waals surface area (Å²) in [5.74, 6) is -0.377. The number of aromatic hydroxyl groups is 2. The number of phenolic OH excluding ortho intramolecular Hbond substituents is 2. The largest absolute Gasteiger partial charge is 0.507 e. The monoisotopic (exact) mass is 386 g/mol. The van der Waals surface area contributed by atoms with Gasteiger partial charge in [0.15, 0.2) is 5.43 Å². The quantitative estimate of drug-likeness (QED) is 0.620. The van der Waals surface area contributed by atoms with Gasteiger partial charge in [-0.3, -0.25) is 4.79 Å². The number of hydrogen-bond acceptors (Lipinski definition) is 5. The number of fused-ring (bicyclic) bond motifs is 1. The van der Waals surface area contributed by atoms with Crippen LogP contribution < -0.4 is 5.43 Å². The van der Waals surface area contributed by atoms with Gasteiger partial charge in [0.1, 0.15) is 28.2 Å². The lowest BCUT2D eigenvalue weighted by molar-refractivity contribution is 0.216. The third kappa shape index (κ3) is 2.97. The van der Waals surface area contributed by atoms with Crippen LogP contribution in [0.1, 0.15) is 30.7 Å². The van der Waals surface area contributed by atoms with Crippen molar-refractivity contribution in [1.29, 1.82) is 0 Å². The molecule has 3 N–H and O–H groups in total. The molecule has 0 radical (unpaired) electrons.